The lowest BCUT2D eigenvalue weighted by Crippen LogP contribution is -2.05. The summed E-state index contributed by atoms with van der Waals surface area (Å²) in [6, 6.07) is 2.52. The lowest BCUT2D eigenvalue weighted by molar-refractivity contribution is -0.153. The normalized spacial score (nSPS) is 13.6. The number of alkyl halides is 3. The number of furan rings is 1. The predicted molar refractivity (Wildman–Crippen MR) is 79.2 cm³/mol. The standard InChI is InChI=1S/C17H27F3O/c1-3-5-7-8-10-14(9-6-4-2)13-15-11-12-16(21-15)17(18,19)20/h11-12,14H,3-10,13H2,1-2H3. The van der Waals surface area contributed by atoms with Crippen molar-refractivity contribution in [2.75, 3.05) is 0 Å². The fourth-order valence-electron chi connectivity index (χ4n) is 2.63. The molecule has 0 fully saturated rings. The van der Waals surface area contributed by atoms with Gasteiger partial charge in [-0.1, -0.05) is 65.2 Å². The minimum atomic E-state index is -4.38. The van der Waals surface area contributed by atoms with Crippen molar-refractivity contribution in [2.45, 2.75) is 77.8 Å². The van der Waals surface area contributed by atoms with Crippen molar-refractivity contribution in [2.24, 2.45) is 5.92 Å². The highest BCUT2D eigenvalue weighted by Gasteiger charge is 2.34. The molecule has 0 bridgehead atoms. The van der Waals surface area contributed by atoms with Gasteiger partial charge in [0.25, 0.3) is 0 Å². The summed E-state index contributed by atoms with van der Waals surface area (Å²) in [6.45, 7) is 4.32. The maximum atomic E-state index is 12.5. The molecule has 0 amide bonds. The van der Waals surface area contributed by atoms with E-state index >= 15 is 0 Å². The zero-order valence-corrected chi connectivity index (χ0v) is 13.1. The van der Waals surface area contributed by atoms with Gasteiger partial charge in [0, 0.05) is 6.42 Å². The minimum Gasteiger partial charge on any atom is -0.457 e. The van der Waals surface area contributed by atoms with Gasteiger partial charge in [-0.15, -0.1) is 0 Å². The number of rotatable bonds is 10. The van der Waals surface area contributed by atoms with Gasteiger partial charge in [0.15, 0.2) is 0 Å². The molecule has 1 rings (SSSR count). The summed E-state index contributed by atoms with van der Waals surface area (Å²) in [7, 11) is 0. The van der Waals surface area contributed by atoms with Gasteiger partial charge in [-0.3, -0.25) is 0 Å². The molecule has 122 valence electrons. The van der Waals surface area contributed by atoms with Crippen LogP contribution in [0.25, 0.3) is 0 Å². The Morgan fingerprint density at radius 3 is 2.19 bits per heavy atom. The van der Waals surface area contributed by atoms with Crippen LogP contribution in [0.15, 0.2) is 16.5 Å². The van der Waals surface area contributed by atoms with Gasteiger partial charge in [-0.2, -0.15) is 13.2 Å². The topological polar surface area (TPSA) is 13.1 Å². The van der Waals surface area contributed by atoms with E-state index in [1.54, 1.807) is 0 Å². The summed E-state index contributed by atoms with van der Waals surface area (Å²) in [6.07, 6.45) is 5.47. The molecule has 1 unspecified atom stereocenters. The average Bonchev–Trinajstić information content (AvgIpc) is 2.89. The SMILES string of the molecule is CCCCCCC(CCCC)Cc1ccc(C(F)(F)F)o1. The van der Waals surface area contributed by atoms with E-state index in [4.69, 9.17) is 4.42 Å². The van der Waals surface area contributed by atoms with E-state index in [1.165, 1.54) is 25.3 Å². The van der Waals surface area contributed by atoms with E-state index in [0.717, 1.165) is 38.2 Å². The van der Waals surface area contributed by atoms with Gasteiger partial charge >= 0.3 is 6.18 Å². The Kier molecular flexibility index (Phi) is 7.91. The average molecular weight is 304 g/mol. The second-order valence-corrected chi connectivity index (χ2v) is 5.83. The summed E-state index contributed by atoms with van der Waals surface area (Å²) >= 11 is 0. The fraction of sp³-hybridized carbons (Fsp3) is 0.765. The van der Waals surface area contributed by atoms with Crippen molar-refractivity contribution < 1.29 is 17.6 Å². The lowest BCUT2D eigenvalue weighted by atomic mass is 9.91. The summed E-state index contributed by atoms with van der Waals surface area (Å²) in [4.78, 5) is 0. The van der Waals surface area contributed by atoms with Crippen LogP contribution >= 0.6 is 0 Å². The van der Waals surface area contributed by atoms with Crippen LogP contribution in [0, 0.1) is 5.92 Å². The third-order valence-corrected chi connectivity index (χ3v) is 3.86. The molecular formula is C17H27F3O. The molecule has 0 aliphatic rings. The Bertz CT molecular complexity index is 382. The molecule has 0 N–H and O–H groups in total. The fourth-order valence-corrected chi connectivity index (χ4v) is 2.63. The summed E-state index contributed by atoms with van der Waals surface area (Å²) < 4.78 is 42.6. The van der Waals surface area contributed by atoms with Crippen molar-refractivity contribution in [3.05, 3.63) is 23.7 Å². The van der Waals surface area contributed by atoms with Crippen molar-refractivity contribution >= 4 is 0 Å². The first-order chi connectivity index (χ1) is 9.97. The lowest BCUT2D eigenvalue weighted by Gasteiger charge is -2.15. The van der Waals surface area contributed by atoms with E-state index in [9.17, 15) is 13.2 Å². The molecule has 0 aliphatic heterocycles. The van der Waals surface area contributed by atoms with E-state index in [-0.39, 0.29) is 0 Å². The van der Waals surface area contributed by atoms with Crippen LogP contribution in [-0.2, 0) is 12.6 Å². The van der Waals surface area contributed by atoms with Crippen LogP contribution < -0.4 is 0 Å². The molecular weight excluding hydrogens is 277 g/mol. The van der Waals surface area contributed by atoms with Gasteiger partial charge < -0.3 is 4.42 Å². The van der Waals surface area contributed by atoms with Crippen LogP contribution in [0.4, 0.5) is 13.2 Å². The maximum Gasteiger partial charge on any atom is 0.449 e. The quantitative estimate of drug-likeness (QED) is 0.443. The molecule has 0 radical (unpaired) electrons. The molecule has 0 saturated carbocycles. The Labute approximate surface area is 125 Å². The van der Waals surface area contributed by atoms with Crippen LogP contribution in [0.2, 0.25) is 0 Å². The van der Waals surface area contributed by atoms with Crippen LogP contribution in [0.1, 0.15) is 76.7 Å². The van der Waals surface area contributed by atoms with Gasteiger partial charge in [0.05, 0.1) is 0 Å². The van der Waals surface area contributed by atoms with E-state index in [2.05, 4.69) is 13.8 Å². The highest BCUT2D eigenvalue weighted by atomic mass is 19.4. The third kappa shape index (κ3) is 7.05. The van der Waals surface area contributed by atoms with E-state index in [1.807, 2.05) is 0 Å². The van der Waals surface area contributed by atoms with Gasteiger partial charge in [-0.25, -0.2) is 0 Å². The summed E-state index contributed by atoms with van der Waals surface area (Å²) in [5, 5.41) is 0. The molecule has 1 aromatic rings. The van der Waals surface area contributed by atoms with Crippen LogP contribution in [0.3, 0.4) is 0 Å². The number of unbranched alkanes of at least 4 members (excludes halogenated alkanes) is 4. The number of halogens is 3. The van der Waals surface area contributed by atoms with Gasteiger partial charge in [-0.05, 0) is 18.1 Å². The second kappa shape index (κ2) is 9.16. The summed E-state index contributed by atoms with van der Waals surface area (Å²) in [5.41, 5.74) is 0. The van der Waals surface area contributed by atoms with Crippen molar-refractivity contribution in [3.8, 4) is 0 Å². The summed E-state index contributed by atoms with van der Waals surface area (Å²) in [5.74, 6) is 0.0330. The molecule has 0 aromatic carbocycles. The second-order valence-electron chi connectivity index (χ2n) is 5.83. The number of hydrogen-bond acceptors (Lipinski definition) is 1. The van der Waals surface area contributed by atoms with Crippen molar-refractivity contribution in [1.82, 2.24) is 0 Å². The molecule has 0 spiro atoms. The first kappa shape index (κ1) is 18.1. The highest BCUT2D eigenvalue weighted by Crippen LogP contribution is 2.32. The molecule has 4 heteroatoms. The Balaban J connectivity index is 2.52. The molecule has 1 nitrogen and oxygen atoms in total. The first-order valence-electron chi connectivity index (χ1n) is 8.13. The Morgan fingerprint density at radius 2 is 1.62 bits per heavy atom. The first-order valence-corrected chi connectivity index (χ1v) is 8.13. The van der Waals surface area contributed by atoms with Crippen molar-refractivity contribution in [1.29, 1.82) is 0 Å². The van der Waals surface area contributed by atoms with Crippen LogP contribution in [-0.4, -0.2) is 0 Å². The van der Waals surface area contributed by atoms with Gasteiger partial charge in [0.1, 0.15) is 5.76 Å². The molecule has 21 heavy (non-hydrogen) atoms. The molecule has 1 heterocycles. The highest BCUT2D eigenvalue weighted by molar-refractivity contribution is 5.10. The zero-order valence-electron chi connectivity index (χ0n) is 13.1. The molecule has 1 atom stereocenters. The van der Waals surface area contributed by atoms with E-state index in [0.29, 0.717) is 18.1 Å². The predicted octanol–water partition coefficient (Wildman–Crippen LogP) is 6.62. The Morgan fingerprint density at radius 1 is 0.952 bits per heavy atom. The largest absolute Gasteiger partial charge is 0.457 e. The van der Waals surface area contributed by atoms with Crippen LogP contribution in [0.5, 0.6) is 0 Å². The van der Waals surface area contributed by atoms with E-state index < -0.39 is 11.9 Å². The number of hydrogen-bond donors (Lipinski definition) is 0. The minimum absolute atomic E-state index is 0.439. The molecule has 0 aliphatic carbocycles. The van der Waals surface area contributed by atoms with Gasteiger partial charge in [0.2, 0.25) is 5.76 Å². The van der Waals surface area contributed by atoms with Crippen molar-refractivity contribution in [3.63, 3.8) is 0 Å². The Hall–Kier alpha value is -0.930. The third-order valence-electron chi connectivity index (χ3n) is 3.86. The maximum absolute atomic E-state index is 12.5. The molecule has 0 saturated heterocycles. The zero-order chi connectivity index (χ0) is 15.7. The smallest absolute Gasteiger partial charge is 0.449 e. The molecule has 1 aromatic heterocycles. The monoisotopic (exact) mass is 304 g/mol.